The maximum Gasteiger partial charge on any atom is 0.290 e. The van der Waals surface area contributed by atoms with E-state index in [1.807, 2.05) is 11.4 Å². The van der Waals surface area contributed by atoms with Crippen LogP contribution in [0.2, 0.25) is 5.28 Å². The van der Waals surface area contributed by atoms with E-state index >= 15 is 0 Å². The number of halogens is 1. The molecule has 3 aromatic rings. The van der Waals surface area contributed by atoms with E-state index in [2.05, 4.69) is 21.1 Å². The van der Waals surface area contributed by atoms with Crippen molar-refractivity contribution in [2.45, 2.75) is 25.3 Å². The number of aromatic nitrogens is 4. The van der Waals surface area contributed by atoms with Crippen LogP contribution >= 0.6 is 22.9 Å². The number of nitrogens with zero attached hydrogens (tertiary/aromatic N) is 6. The number of carbonyl (C=O) groups is 2. The lowest BCUT2D eigenvalue weighted by Gasteiger charge is -2.48. The van der Waals surface area contributed by atoms with E-state index < -0.39 is 17.2 Å². The molecule has 0 atom stereocenters. The summed E-state index contributed by atoms with van der Waals surface area (Å²) in [7, 11) is 0. The summed E-state index contributed by atoms with van der Waals surface area (Å²) in [6.45, 7) is 2.19. The van der Waals surface area contributed by atoms with E-state index in [9.17, 15) is 14.9 Å². The SMILES string of the molecule is CCC(=O)C(=O)N1CC(CC#N)(n2cc(-c3nc(Cl)nc4ccsc34)cn2)C1. The second kappa shape index (κ2) is 6.96. The van der Waals surface area contributed by atoms with Gasteiger partial charge >= 0.3 is 0 Å². The third-order valence-electron chi connectivity index (χ3n) is 4.84. The standard InChI is InChI=1S/C18H15ClN6O2S/c1-2-13(26)16(27)24-9-18(10-24,4-5-20)25-8-11(7-21-25)14-15-12(3-6-28-15)22-17(19)23-14/h3,6-8H,2,4,9-10H2,1H3. The first-order valence-electron chi connectivity index (χ1n) is 8.63. The molecule has 0 N–H and O–H groups in total. The van der Waals surface area contributed by atoms with Gasteiger partial charge in [-0.1, -0.05) is 6.92 Å². The lowest BCUT2D eigenvalue weighted by Crippen LogP contribution is -2.65. The van der Waals surface area contributed by atoms with E-state index in [1.54, 1.807) is 24.0 Å². The lowest BCUT2D eigenvalue weighted by atomic mass is 9.86. The second-order valence-corrected chi connectivity index (χ2v) is 7.90. The third kappa shape index (κ3) is 2.95. The molecule has 0 aromatic carbocycles. The number of likely N-dealkylation sites (tertiary alicyclic amines) is 1. The van der Waals surface area contributed by atoms with Crippen LogP contribution in [0.3, 0.4) is 0 Å². The average molecular weight is 415 g/mol. The molecule has 0 saturated carbocycles. The van der Waals surface area contributed by atoms with Crippen LogP contribution in [-0.2, 0) is 15.1 Å². The highest BCUT2D eigenvalue weighted by atomic mass is 35.5. The van der Waals surface area contributed by atoms with Gasteiger partial charge in [-0.05, 0) is 23.0 Å². The fourth-order valence-corrected chi connectivity index (χ4v) is 4.37. The van der Waals surface area contributed by atoms with Crippen LogP contribution in [0.5, 0.6) is 0 Å². The Morgan fingerprint density at radius 3 is 2.89 bits per heavy atom. The van der Waals surface area contributed by atoms with Gasteiger partial charge in [-0.2, -0.15) is 10.4 Å². The highest BCUT2D eigenvalue weighted by Crippen LogP contribution is 2.35. The van der Waals surface area contributed by atoms with Gasteiger partial charge < -0.3 is 4.90 Å². The van der Waals surface area contributed by atoms with Gasteiger partial charge in [0.15, 0.2) is 0 Å². The van der Waals surface area contributed by atoms with E-state index in [4.69, 9.17) is 11.6 Å². The molecule has 1 aliphatic heterocycles. The summed E-state index contributed by atoms with van der Waals surface area (Å²) in [6.07, 6.45) is 3.81. The molecule has 28 heavy (non-hydrogen) atoms. The Hall–Kier alpha value is -2.83. The second-order valence-electron chi connectivity index (χ2n) is 6.65. The number of thiophene rings is 1. The van der Waals surface area contributed by atoms with Crippen molar-refractivity contribution in [1.82, 2.24) is 24.6 Å². The molecular weight excluding hydrogens is 400 g/mol. The number of ketones is 1. The first-order chi connectivity index (χ1) is 13.5. The van der Waals surface area contributed by atoms with E-state index in [-0.39, 0.29) is 31.2 Å². The monoisotopic (exact) mass is 414 g/mol. The van der Waals surface area contributed by atoms with Crippen molar-refractivity contribution in [3.8, 4) is 17.3 Å². The molecule has 0 spiro atoms. The quantitative estimate of drug-likeness (QED) is 0.469. The Kier molecular flexibility index (Phi) is 4.61. The fraction of sp³-hybridized carbons (Fsp3) is 0.333. The summed E-state index contributed by atoms with van der Waals surface area (Å²) < 4.78 is 2.60. The number of nitriles is 1. The smallest absolute Gasteiger partial charge is 0.290 e. The van der Waals surface area contributed by atoms with Gasteiger partial charge in [0.05, 0.1) is 34.6 Å². The van der Waals surface area contributed by atoms with E-state index in [1.165, 1.54) is 16.2 Å². The summed E-state index contributed by atoms with van der Waals surface area (Å²) in [5, 5.41) is 15.8. The molecule has 4 rings (SSSR count). The molecule has 4 heterocycles. The van der Waals surface area contributed by atoms with Gasteiger partial charge in [-0.3, -0.25) is 14.3 Å². The Bertz CT molecular complexity index is 1120. The number of rotatable bonds is 5. The summed E-state index contributed by atoms with van der Waals surface area (Å²) in [4.78, 5) is 33.8. The Labute approximate surface area is 169 Å². The van der Waals surface area contributed by atoms with Crippen molar-refractivity contribution < 1.29 is 9.59 Å². The zero-order valence-corrected chi connectivity index (χ0v) is 16.5. The molecule has 1 fully saturated rings. The van der Waals surface area contributed by atoms with Crippen LogP contribution in [0.4, 0.5) is 0 Å². The lowest BCUT2D eigenvalue weighted by molar-refractivity contribution is -0.152. The molecule has 1 amide bonds. The van der Waals surface area contributed by atoms with Gasteiger partial charge in [0.2, 0.25) is 11.1 Å². The van der Waals surface area contributed by atoms with Crippen molar-refractivity contribution in [3.63, 3.8) is 0 Å². The fourth-order valence-electron chi connectivity index (χ4n) is 3.36. The average Bonchev–Trinajstić information content (AvgIpc) is 3.32. The number of Topliss-reactive ketones (excluding diaryl/α,β-unsaturated/α-hetero) is 1. The molecule has 10 heteroatoms. The third-order valence-corrected chi connectivity index (χ3v) is 5.92. The molecular formula is C18H15ClN6O2S. The zero-order chi connectivity index (χ0) is 19.9. The molecule has 142 valence electrons. The van der Waals surface area contributed by atoms with Gasteiger partial charge in [0.1, 0.15) is 5.54 Å². The van der Waals surface area contributed by atoms with Gasteiger partial charge in [-0.25, -0.2) is 9.97 Å². The molecule has 8 nitrogen and oxygen atoms in total. The van der Waals surface area contributed by atoms with Crippen LogP contribution in [0, 0.1) is 11.3 Å². The number of hydrogen-bond donors (Lipinski definition) is 0. The Balaban J connectivity index is 1.66. The minimum Gasteiger partial charge on any atom is -0.331 e. The molecule has 0 unspecified atom stereocenters. The maximum absolute atomic E-state index is 12.1. The van der Waals surface area contributed by atoms with Crippen molar-refractivity contribution in [2.75, 3.05) is 13.1 Å². The number of hydrogen-bond acceptors (Lipinski definition) is 7. The van der Waals surface area contributed by atoms with E-state index in [0.29, 0.717) is 5.69 Å². The van der Waals surface area contributed by atoms with Crippen LogP contribution in [0.25, 0.3) is 21.5 Å². The predicted molar refractivity (Wildman–Crippen MR) is 104 cm³/mol. The van der Waals surface area contributed by atoms with Crippen LogP contribution < -0.4 is 0 Å². The van der Waals surface area contributed by atoms with Gasteiger partial charge in [0, 0.05) is 31.3 Å². The summed E-state index contributed by atoms with van der Waals surface area (Å²) >= 11 is 7.56. The van der Waals surface area contributed by atoms with Crippen LogP contribution in [0.1, 0.15) is 19.8 Å². The molecule has 1 aliphatic rings. The minimum absolute atomic E-state index is 0.152. The topological polar surface area (TPSA) is 105 Å². The molecule has 0 radical (unpaired) electrons. The zero-order valence-electron chi connectivity index (χ0n) is 14.9. The normalized spacial score (nSPS) is 15.2. The van der Waals surface area contributed by atoms with Gasteiger partial charge in [-0.15, -0.1) is 11.3 Å². The number of fused-ring (bicyclic) bond motifs is 1. The molecule has 0 bridgehead atoms. The first kappa shape index (κ1) is 18.5. The molecule has 1 saturated heterocycles. The number of amides is 1. The predicted octanol–water partition coefficient (Wildman–Crippen LogP) is 2.64. The van der Waals surface area contributed by atoms with Gasteiger partial charge in [0.25, 0.3) is 5.91 Å². The van der Waals surface area contributed by atoms with Crippen LogP contribution in [0.15, 0.2) is 23.8 Å². The minimum atomic E-state index is -0.651. The highest BCUT2D eigenvalue weighted by molar-refractivity contribution is 7.17. The van der Waals surface area contributed by atoms with Crippen molar-refractivity contribution in [1.29, 1.82) is 5.26 Å². The van der Waals surface area contributed by atoms with Crippen molar-refractivity contribution in [2.24, 2.45) is 0 Å². The number of carbonyl (C=O) groups excluding carboxylic acids is 2. The van der Waals surface area contributed by atoms with Crippen molar-refractivity contribution >= 4 is 44.8 Å². The molecule has 3 aromatic heterocycles. The van der Waals surface area contributed by atoms with E-state index in [0.717, 1.165) is 15.8 Å². The largest absolute Gasteiger partial charge is 0.331 e. The highest BCUT2D eigenvalue weighted by Gasteiger charge is 2.48. The molecule has 0 aliphatic carbocycles. The Morgan fingerprint density at radius 2 is 2.18 bits per heavy atom. The summed E-state index contributed by atoms with van der Waals surface area (Å²) in [6, 6.07) is 4.04. The summed E-state index contributed by atoms with van der Waals surface area (Å²) in [5.41, 5.74) is 1.54. The van der Waals surface area contributed by atoms with Crippen LogP contribution in [-0.4, -0.2) is 49.4 Å². The summed E-state index contributed by atoms with van der Waals surface area (Å²) in [5.74, 6) is -0.936. The first-order valence-corrected chi connectivity index (χ1v) is 9.88. The van der Waals surface area contributed by atoms with Crippen molar-refractivity contribution in [3.05, 3.63) is 29.1 Å². The maximum atomic E-state index is 12.1. The Morgan fingerprint density at radius 1 is 1.39 bits per heavy atom.